The van der Waals surface area contributed by atoms with Gasteiger partial charge < -0.3 is 19.1 Å². The van der Waals surface area contributed by atoms with Gasteiger partial charge in [0.05, 0.1) is 26.9 Å². The summed E-state index contributed by atoms with van der Waals surface area (Å²) < 4.78 is 14.9. The van der Waals surface area contributed by atoms with Crippen molar-refractivity contribution in [2.24, 2.45) is 0 Å². The van der Waals surface area contributed by atoms with Crippen molar-refractivity contribution < 1.29 is 23.8 Å². The smallest absolute Gasteiger partial charge is 0.305 e. The van der Waals surface area contributed by atoms with Gasteiger partial charge in [-0.2, -0.15) is 0 Å². The molecule has 0 fully saturated rings. The van der Waals surface area contributed by atoms with Crippen LogP contribution in [0.3, 0.4) is 0 Å². The van der Waals surface area contributed by atoms with Gasteiger partial charge in [-0.25, -0.2) is 0 Å². The minimum atomic E-state index is -0.280. The van der Waals surface area contributed by atoms with Crippen molar-refractivity contribution in [2.45, 2.75) is 12.8 Å². The van der Waals surface area contributed by atoms with Crippen LogP contribution >= 0.6 is 0 Å². The standard InChI is InChI=1S/C15H21NO5/c1-16(9-5-6-14(17)21-4)15(18)12-8-7-11(19-2)10-13(12)20-3/h7-8,10H,5-6,9H2,1-4H3. The minimum absolute atomic E-state index is 0.167. The van der Waals surface area contributed by atoms with E-state index in [-0.39, 0.29) is 18.3 Å². The van der Waals surface area contributed by atoms with Gasteiger partial charge in [0.2, 0.25) is 0 Å². The Morgan fingerprint density at radius 2 is 1.86 bits per heavy atom. The van der Waals surface area contributed by atoms with Gasteiger partial charge in [0.15, 0.2) is 0 Å². The van der Waals surface area contributed by atoms with Crippen LogP contribution in [-0.2, 0) is 9.53 Å². The third kappa shape index (κ3) is 4.66. The summed E-state index contributed by atoms with van der Waals surface area (Å²) in [7, 11) is 6.08. The second kappa shape index (κ2) is 8.14. The number of carbonyl (C=O) groups is 2. The lowest BCUT2D eigenvalue weighted by Gasteiger charge is -2.18. The Labute approximate surface area is 124 Å². The summed E-state index contributed by atoms with van der Waals surface area (Å²) in [6.07, 6.45) is 0.835. The van der Waals surface area contributed by atoms with Crippen molar-refractivity contribution in [1.29, 1.82) is 0 Å². The number of ether oxygens (including phenoxy) is 3. The monoisotopic (exact) mass is 295 g/mol. The minimum Gasteiger partial charge on any atom is -0.497 e. The Bertz CT molecular complexity index is 501. The van der Waals surface area contributed by atoms with Gasteiger partial charge in [0.25, 0.3) is 5.91 Å². The van der Waals surface area contributed by atoms with Crippen LogP contribution in [0.2, 0.25) is 0 Å². The first-order chi connectivity index (χ1) is 10.0. The van der Waals surface area contributed by atoms with Crippen molar-refractivity contribution in [2.75, 3.05) is 34.9 Å². The lowest BCUT2D eigenvalue weighted by Crippen LogP contribution is -2.28. The Balaban J connectivity index is 2.71. The predicted octanol–water partition coefficient (Wildman–Crippen LogP) is 1.73. The molecule has 0 unspecified atom stereocenters. The van der Waals surface area contributed by atoms with E-state index in [1.807, 2.05) is 0 Å². The molecule has 0 spiro atoms. The molecule has 116 valence electrons. The first kappa shape index (κ1) is 16.8. The zero-order valence-electron chi connectivity index (χ0n) is 12.8. The summed E-state index contributed by atoms with van der Waals surface area (Å²) >= 11 is 0. The maximum atomic E-state index is 12.4. The highest BCUT2D eigenvalue weighted by Gasteiger charge is 2.17. The maximum Gasteiger partial charge on any atom is 0.305 e. The highest BCUT2D eigenvalue weighted by molar-refractivity contribution is 5.97. The SMILES string of the molecule is COC(=O)CCCN(C)C(=O)c1ccc(OC)cc1OC. The molecule has 1 amide bonds. The Hall–Kier alpha value is -2.24. The molecule has 0 bridgehead atoms. The molecule has 6 nitrogen and oxygen atoms in total. The quantitative estimate of drug-likeness (QED) is 0.717. The van der Waals surface area contributed by atoms with Gasteiger partial charge in [-0.1, -0.05) is 0 Å². The van der Waals surface area contributed by atoms with Crippen LogP contribution in [0.15, 0.2) is 18.2 Å². The molecule has 0 atom stereocenters. The number of methoxy groups -OCH3 is 3. The first-order valence-electron chi connectivity index (χ1n) is 6.57. The number of esters is 1. The summed E-state index contributed by atoms with van der Waals surface area (Å²) in [5, 5.41) is 0. The van der Waals surface area contributed by atoms with Crippen molar-refractivity contribution in [1.82, 2.24) is 4.90 Å². The molecule has 0 aromatic heterocycles. The zero-order chi connectivity index (χ0) is 15.8. The molecule has 0 N–H and O–H groups in total. The van der Waals surface area contributed by atoms with Crippen LogP contribution < -0.4 is 9.47 Å². The first-order valence-corrected chi connectivity index (χ1v) is 6.57. The summed E-state index contributed by atoms with van der Waals surface area (Å²) in [4.78, 5) is 25.0. The highest BCUT2D eigenvalue weighted by Crippen LogP contribution is 2.25. The number of hydrogen-bond acceptors (Lipinski definition) is 5. The van der Waals surface area contributed by atoms with Crippen LogP contribution in [0.5, 0.6) is 11.5 Å². The Morgan fingerprint density at radius 3 is 2.43 bits per heavy atom. The molecular weight excluding hydrogens is 274 g/mol. The van der Waals surface area contributed by atoms with Gasteiger partial charge >= 0.3 is 5.97 Å². The van der Waals surface area contributed by atoms with Crippen LogP contribution in [-0.4, -0.2) is 51.7 Å². The van der Waals surface area contributed by atoms with Gasteiger partial charge in [0, 0.05) is 26.1 Å². The van der Waals surface area contributed by atoms with Gasteiger partial charge in [-0.15, -0.1) is 0 Å². The molecule has 21 heavy (non-hydrogen) atoms. The van der Waals surface area contributed by atoms with Gasteiger partial charge in [0.1, 0.15) is 11.5 Å². The molecule has 1 aromatic carbocycles. The number of amides is 1. The fraction of sp³-hybridized carbons (Fsp3) is 0.467. The number of nitrogens with zero attached hydrogens (tertiary/aromatic N) is 1. The number of carbonyl (C=O) groups excluding carboxylic acids is 2. The number of rotatable bonds is 7. The van der Waals surface area contributed by atoms with E-state index in [0.29, 0.717) is 30.0 Å². The number of hydrogen-bond donors (Lipinski definition) is 0. The number of benzene rings is 1. The van der Waals surface area contributed by atoms with Crippen molar-refractivity contribution >= 4 is 11.9 Å². The van der Waals surface area contributed by atoms with Crippen LogP contribution in [0.1, 0.15) is 23.2 Å². The normalized spacial score (nSPS) is 9.90. The molecule has 0 saturated carbocycles. The summed E-state index contributed by atoms with van der Waals surface area (Å²) in [5.74, 6) is 0.633. The molecular formula is C15H21NO5. The molecule has 0 aliphatic heterocycles. The summed E-state index contributed by atoms with van der Waals surface area (Å²) in [5.41, 5.74) is 0.457. The molecule has 0 heterocycles. The molecule has 0 radical (unpaired) electrons. The lowest BCUT2D eigenvalue weighted by atomic mass is 10.1. The molecule has 0 aliphatic rings. The van der Waals surface area contributed by atoms with E-state index in [9.17, 15) is 9.59 Å². The highest BCUT2D eigenvalue weighted by atomic mass is 16.5. The lowest BCUT2D eigenvalue weighted by molar-refractivity contribution is -0.140. The van der Waals surface area contributed by atoms with Crippen LogP contribution in [0.25, 0.3) is 0 Å². The van der Waals surface area contributed by atoms with Crippen LogP contribution in [0, 0.1) is 0 Å². The predicted molar refractivity (Wildman–Crippen MR) is 77.8 cm³/mol. The molecule has 0 aliphatic carbocycles. The topological polar surface area (TPSA) is 65.1 Å². The van der Waals surface area contributed by atoms with E-state index >= 15 is 0 Å². The Morgan fingerprint density at radius 1 is 1.14 bits per heavy atom. The van der Waals surface area contributed by atoms with Crippen molar-refractivity contribution in [3.8, 4) is 11.5 Å². The Kier molecular flexibility index (Phi) is 6.52. The van der Waals surface area contributed by atoms with E-state index in [0.717, 1.165) is 0 Å². The largest absolute Gasteiger partial charge is 0.497 e. The van der Waals surface area contributed by atoms with Gasteiger partial charge in [-0.05, 0) is 18.6 Å². The molecule has 6 heteroatoms. The second-order valence-electron chi connectivity index (χ2n) is 4.47. The fourth-order valence-corrected chi connectivity index (χ4v) is 1.84. The third-order valence-electron chi connectivity index (χ3n) is 3.09. The zero-order valence-corrected chi connectivity index (χ0v) is 12.8. The average molecular weight is 295 g/mol. The molecule has 0 saturated heterocycles. The summed E-state index contributed by atoms with van der Waals surface area (Å²) in [6.45, 7) is 0.461. The molecule has 1 aromatic rings. The van der Waals surface area contributed by atoms with Crippen molar-refractivity contribution in [3.05, 3.63) is 23.8 Å². The van der Waals surface area contributed by atoms with E-state index in [4.69, 9.17) is 9.47 Å². The summed E-state index contributed by atoms with van der Waals surface area (Å²) in [6, 6.07) is 5.03. The molecule has 1 rings (SSSR count). The second-order valence-corrected chi connectivity index (χ2v) is 4.47. The third-order valence-corrected chi connectivity index (χ3v) is 3.09. The van der Waals surface area contributed by atoms with E-state index in [1.54, 1.807) is 37.3 Å². The van der Waals surface area contributed by atoms with Gasteiger partial charge in [-0.3, -0.25) is 9.59 Å². The van der Waals surface area contributed by atoms with Crippen molar-refractivity contribution in [3.63, 3.8) is 0 Å². The maximum absolute atomic E-state index is 12.4. The fourth-order valence-electron chi connectivity index (χ4n) is 1.84. The van der Waals surface area contributed by atoms with E-state index < -0.39 is 0 Å². The van der Waals surface area contributed by atoms with E-state index in [1.165, 1.54) is 14.2 Å². The van der Waals surface area contributed by atoms with E-state index in [2.05, 4.69) is 4.74 Å². The average Bonchev–Trinajstić information content (AvgIpc) is 2.52. The van der Waals surface area contributed by atoms with Crippen LogP contribution in [0.4, 0.5) is 0 Å².